The normalized spacial score (nSPS) is 29.3. The molecule has 6 N–H and O–H groups in total. The summed E-state index contributed by atoms with van der Waals surface area (Å²) in [4.78, 5) is 20.5. The SMILES string of the molecule is Br.C/C=C1/C[N@]2CC[C@H]1CC2C(O)c1ccnc2ccc(O)cc12.C=C[C@H]1C[N@]2CC[C@H]1C[C@H]2[C@H](O)c1ccnc2ccc(OC)cc12.C=C[C@H]1C[N@]2CC[C@H]1C[C@H]2[C@H](O)c1ccnc2ccc(OC)cc12.O. The molecular weight excluding hydrogens is 985 g/mol. The third-order valence-electron chi connectivity index (χ3n) is 17.1. The van der Waals surface area contributed by atoms with Crippen LogP contribution in [-0.4, -0.2) is 127 Å². The van der Waals surface area contributed by atoms with Crippen molar-refractivity contribution in [3.05, 3.63) is 145 Å². The molecule has 6 bridgehead atoms. The molecule has 9 aliphatic heterocycles. The maximum Gasteiger partial charge on any atom is 0.119 e. The summed E-state index contributed by atoms with van der Waals surface area (Å²) in [5.74, 6) is 4.83. The molecule has 0 spiro atoms. The van der Waals surface area contributed by atoms with E-state index in [1.165, 1.54) is 24.8 Å². The summed E-state index contributed by atoms with van der Waals surface area (Å²) in [6.07, 6.45) is 16.9. The van der Waals surface area contributed by atoms with Crippen molar-refractivity contribution in [2.24, 2.45) is 29.6 Å². The molecule has 388 valence electrons. The van der Waals surface area contributed by atoms with Gasteiger partial charge in [0.1, 0.15) is 17.2 Å². The van der Waals surface area contributed by atoms with Gasteiger partial charge in [-0.25, -0.2) is 0 Å². The van der Waals surface area contributed by atoms with Crippen LogP contribution < -0.4 is 9.47 Å². The topological polar surface area (TPSA) is 179 Å². The van der Waals surface area contributed by atoms with Crippen LogP contribution in [0.1, 0.15) is 80.5 Å². The Morgan fingerprint density at radius 3 is 1.40 bits per heavy atom. The number of aliphatic hydroxyl groups is 3. The molecule has 6 aromatic rings. The lowest BCUT2D eigenvalue weighted by atomic mass is 9.73. The van der Waals surface area contributed by atoms with Gasteiger partial charge >= 0.3 is 0 Å². The van der Waals surface area contributed by atoms with E-state index in [1.54, 1.807) is 51.0 Å². The van der Waals surface area contributed by atoms with Crippen LogP contribution in [0, 0.1) is 29.6 Å². The average Bonchev–Trinajstić information content (AvgIpc) is 3.44. The predicted molar refractivity (Wildman–Crippen MR) is 294 cm³/mol. The van der Waals surface area contributed by atoms with Crippen LogP contribution in [0.25, 0.3) is 32.7 Å². The van der Waals surface area contributed by atoms with Crippen molar-refractivity contribution in [3.8, 4) is 17.2 Å². The standard InChI is InChI=1S/2C20H24N2O2.C19H22N2O2.BrH.H2O/c2*1-3-13-12-22-9-7-14(13)10-19(22)20(23)16-6-8-21-18-5-4-15(24-2)11-17(16)18;1-2-12-11-21-8-6-13(12)9-18(21)19(23)15-5-7-20-17-4-3-14(22)10-16(15)17;;/h2*3-6,8,11,13-14,19-20,23H,1,7,9-10,12H2,2H3;2-5,7,10,13,18-19,22-23H,6,8-9,11H2,1H3;1H;1H2/b;;12-2-;;/t2*13-,14-,19-,20+;13-,18?,19?;;/m000../s1. The summed E-state index contributed by atoms with van der Waals surface area (Å²) in [5.41, 5.74) is 6.88. The number of ether oxygens (including phenoxy) is 2. The Bertz CT molecular complexity index is 2790. The fourth-order valence-electron chi connectivity index (χ4n) is 13.1. The molecule has 14 heteroatoms. The Morgan fingerprint density at radius 1 is 0.589 bits per heavy atom. The first kappa shape index (κ1) is 54.0. The first-order valence-corrected chi connectivity index (χ1v) is 25.7. The van der Waals surface area contributed by atoms with Crippen LogP contribution >= 0.6 is 17.0 Å². The number of allylic oxidation sites excluding steroid dienone is 1. The van der Waals surface area contributed by atoms with E-state index in [0.29, 0.717) is 29.6 Å². The fourth-order valence-corrected chi connectivity index (χ4v) is 13.1. The number of methoxy groups -OCH3 is 2. The van der Waals surface area contributed by atoms with Crippen LogP contribution in [-0.2, 0) is 0 Å². The van der Waals surface area contributed by atoms with Gasteiger partial charge in [0.2, 0.25) is 0 Å². The van der Waals surface area contributed by atoms with E-state index in [-0.39, 0.29) is 46.3 Å². The van der Waals surface area contributed by atoms with Gasteiger partial charge in [0.05, 0.1) is 49.1 Å². The van der Waals surface area contributed by atoms with E-state index in [1.807, 2.05) is 54.6 Å². The molecular formula is C59H73BrN6O7. The molecule has 3 aromatic heterocycles. The monoisotopic (exact) mass is 1060 g/mol. The van der Waals surface area contributed by atoms with Crippen molar-refractivity contribution in [3.63, 3.8) is 0 Å². The molecule has 14 atom stereocenters. The first-order chi connectivity index (χ1) is 34.6. The summed E-state index contributed by atoms with van der Waals surface area (Å²) in [5, 5.41) is 45.9. The summed E-state index contributed by atoms with van der Waals surface area (Å²) >= 11 is 0. The molecule has 0 aliphatic carbocycles. The number of fused-ring (bicyclic) bond motifs is 12. The Labute approximate surface area is 440 Å². The van der Waals surface area contributed by atoms with E-state index in [0.717, 1.165) is 119 Å². The number of aromatic nitrogens is 3. The zero-order valence-corrected chi connectivity index (χ0v) is 44.1. The van der Waals surface area contributed by atoms with Crippen LogP contribution in [0.15, 0.2) is 128 Å². The maximum atomic E-state index is 11.2. The molecule has 0 radical (unpaired) electrons. The zero-order chi connectivity index (χ0) is 49.3. The van der Waals surface area contributed by atoms with Crippen molar-refractivity contribution in [2.45, 2.75) is 81.9 Å². The van der Waals surface area contributed by atoms with E-state index < -0.39 is 18.3 Å². The minimum Gasteiger partial charge on any atom is -0.508 e. The molecule has 9 aliphatic rings. The number of nitrogens with zero attached hydrogens (tertiary/aromatic N) is 6. The Hall–Kier alpha value is -5.29. The van der Waals surface area contributed by atoms with E-state index in [9.17, 15) is 20.4 Å². The zero-order valence-electron chi connectivity index (χ0n) is 42.3. The fraction of sp³-hybridized carbons (Fsp3) is 0.441. The van der Waals surface area contributed by atoms with Gasteiger partial charge in [-0.1, -0.05) is 23.8 Å². The highest BCUT2D eigenvalue weighted by atomic mass is 79.9. The van der Waals surface area contributed by atoms with Crippen molar-refractivity contribution in [1.29, 1.82) is 0 Å². The second kappa shape index (κ2) is 23.5. The minimum atomic E-state index is -0.552. The van der Waals surface area contributed by atoms with Crippen LogP contribution in [0.5, 0.6) is 17.2 Å². The Kier molecular flexibility index (Phi) is 17.4. The number of phenolic OH excluding ortho intramolecular Hbond substituents is 1. The van der Waals surface area contributed by atoms with Gasteiger partial charge < -0.3 is 35.4 Å². The largest absolute Gasteiger partial charge is 0.508 e. The lowest BCUT2D eigenvalue weighted by Gasteiger charge is -2.50. The minimum absolute atomic E-state index is 0. The van der Waals surface area contributed by atoms with Gasteiger partial charge in [-0.05, 0) is 184 Å². The third-order valence-corrected chi connectivity index (χ3v) is 17.1. The predicted octanol–water partition coefficient (Wildman–Crippen LogP) is 9.11. The molecule has 12 heterocycles. The first-order valence-electron chi connectivity index (χ1n) is 25.7. The van der Waals surface area contributed by atoms with Gasteiger partial charge in [0.15, 0.2) is 0 Å². The van der Waals surface area contributed by atoms with E-state index >= 15 is 0 Å². The molecule has 0 saturated carbocycles. The van der Waals surface area contributed by atoms with Gasteiger partial charge in [-0.2, -0.15) is 0 Å². The highest BCUT2D eigenvalue weighted by Gasteiger charge is 2.44. The molecule has 15 rings (SSSR count). The number of pyridine rings is 3. The van der Waals surface area contributed by atoms with Crippen molar-refractivity contribution in [2.75, 3.05) is 53.5 Å². The number of halogens is 1. The molecule has 13 nitrogen and oxygen atoms in total. The third kappa shape index (κ3) is 10.8. The average molecular weight is 1060 g/mol. The molecule has 73 heavy (non-hydrogen) atoms. The number of piperidine rings is 9. The molecule has 2 unspecified atom stereocenters. The molecule has 3 aromatic carbocycles. The smallest absolute Gasteiger partial charge is 0.119 e. The summed E-state index contributed by atoms with van der Waals surface area (Å²) in [6.45, 7) is 16.3. The Morgan fingerprint density at radius 2 is 1.01 bits per heavy atom. The number of aromatic hydroxyl groups is 1. The quantitative estimate of drug-likeness (QED) is 0.0958. The van der Waals surface area contributed by atoms with Gasteiger partial charge in [0.25, 0.3) is 0 Å². The number of hydrogen-bond donors (Lipinski definition) is 4. The molecule has 9 fully saturated rings. The summed E-state index contributed by atoms with van der Waals surface area (Å²) < 4.78 is 10.7. The van der Waals surface area contributed by atoms with Crippen molar-refractivity contribution in [1.82, 2.24) is 29.7 Å². The van der Waals surface area contributed by atoms with Crippen LogP contribution in [0.2, 0.25) is 0 Å². The van der Waals surface area contributed by atoms with E-state index in [2.05, 4.69) is 68.0 Å². The molecule has 0 amide bonds. The van der Waals surface area contributed by atoms with Crippen LogP contribution in [0.4, 0.5) is 0 Å². The maximum absolute atomic E-state index is 11.2. The highest BCUT2D eigenvalue weighted by Crippen LogP contribution is 2.45. The summed E-state index contributed by atoms with van der Waals surface area (Å²) in [7, 11) is 3.32. The second-order valence-electron chi connectivity index (χ2n) is 20.6. The number of phenols is 1. The lowest BCUT2D eigenvalue weighted by molar-refractivity contribution is -0.0445. The summed E-state index contributed by atoms with van der Waals surface area (Å²) in [6, 6.07) is 23.1. The van der Waals surface area contributed by atoms with Gasteiger partial charge in [-0.3, -0.25) is 29.7 Å². The Balaban J connectivity index is 0.000000144. The number of hydrogen-bond acceptors (Lipinski definition) is 12. The van der Waals surface area contributed by atoms with Gasteiger partial charge in [0, 0.05) is 72.5 Å². The highest BCUT2D eigenvalue weighted by molar-refractivity contribution is 8.93. The second-order valence-corrected chi connectivity index (χ2v) is 20.6. The number of benzene rings is 3. The van der Waals surface area contributed by atoms with Crippen LogP contribution in [0.3, 0.4) is 0 Å². The van der Waals surface area contributed by atoms with Crippen molar-refractivity contribution < 1.29 is 35.4 Å². The van der Waals surface area contributed by atoms with Crippen molar-refractivity contribution >= 4 is 49.7 Å². The molecule has 9 saturated heterocycles. The lowest BCUT2D eigenvalue weighted by Crippen LogP contribution is -2.54. The van der Waals surface area contributed by atoms with Gasteiger partial charge in [-0.15, -0.1) is 30.1 Å². The van der Waals surface area contributed by atoms with E-state index in [4.69, 9.17) is 9.47 Å². The number of aliphatic hydroxyl groups excluding tert-OH is 3. The number of rotatable bonds is 10.